The maximum atomic E-state index is 14.4. The summed E-state index contributed by atoms with van der Waals surface area (Å²) in [6, 6.07) is 39.7. The number of alkyl halides is 1. The Morgan fingerprint density at radius 2 is 1.05 bits per heavy atom. The zero-order valence-corrected chi connectivity index (χ0v) is 22.9. The summed E-state index contributed by atoms with van der Waals surface area (Å²) < 4.78 is 0. The van der Waals surface area contributed by atoms with Gasteiger partial charge in [0.2, 0.25) is 0 Å². The zero-order chi connectivity index (χ0) is 26.3. The molecule has 5 rings (SSSR count). The fourth-order valence-electron chi connectivity index (χ4n) is 5.40. The molecule has 0 aliphatic carbocycles. The number of amides is 2. The molecule has 0 spiro atoms. The molecule has 4 atom stereocenters. The first-order chi connectivity index (χ1) is 18.6. The minimum absolute atomic E-state index is 0.0496. The fourth-order valence-corrected chi connectivity index (χ4v) is 6.38. The Bertz CT molecular complexity index is 1290. The van der Waals surface area contributed by atoms with E-state index in [0.717, 1.165) is 16.7 Å². The van der Waals surface area contributed by atoms with Gasteiger partial charge in [-0.3, -0.25) is 0 Å². The lowest BCUT2D eigenvalue weighted by Crippen LogP contribution is -2.68. The largest absolute Gasteiger partial charge is 0.389 e. The van der Waals surface area contributed by atoms with Crippen LogP contribution < -0.4 is 0 Å². The van der Waals surface area contributed by atoms with Crippen LogP contribution in [0.2, 0.25) is 0 Å². The van der Waals surface area contributed by atoms with Crippen molar-refractivity contribution >= 4 is 22.0 Å². The maximum absolute atomic E-state index is 14.4. The van der Waals surface area contributed by atoms with E-state index < -0.39 is 12.1 Å². The highest BCUT2D eigenvalue weighted by atomic mass is 79.9. The number of urea groups is 1. The molecule has 0 aromatic heterocycles. The Labute approximate surface area is 233 Å². The Hall–Kier alpha value is -3.41. The summed E-state index contributed by atoms with van der Waals surface area (Å²) in [5, 5.41) is 12.1. The number of aliphatic hydroxyl groups is 1. The predicted molar refractivity (Wildman–Crippen MR) is 156 cm³/mol. The summed E-state index contributed by atoms with van der Waals surface area (Å²) in [6.07, 6.45) is 0.535. The van der Waals surface area contributed by atoms with E-state index in [0.29, 0.717) is 25.9 Å². The van der Waals surface area contributed by atoms with Crippen molar-refractivity contribution in [1.82, 2.24) is 9.80 Å². The van der Waals surface area contributed by atoms with Gasteiger partial charge in [-0.1, -0.05) is 137 Å². The summed E-state index contributed by atoms with van der Waals surface area (Å²) in [5.74, 6) is 0. The summed E-state index contributed by atoms with van der Waals surface area (Å²) in [7, 11) is 0. The smallest absolute Gasteiger partial charge is 0.321 e. The first kappa shape index (κ1) is 26.2. The van der Waals surface area contributed by atoms with E-state index in [4.69, 9.17) is 0 Å². The number of hydrogen-bond acceptors (Lipinski definition) is 2. The summed E-state index contributed by atoms with van der Waals surface area (Å²) in [4.78, 5) is 18.0. The third-order valence-corrected chi connectivity index (χ3v) is 8.18. The van der Waals surface area contributed by atoms with E-state index in [1.807, 2.05) is 107 Å². The molecular formula is C33H33BrN2O2. The lowest BCUT2D eigenvalue weighted by molar-refractivity contribution is -0.0428. The van der Waals surface area contributed by atoms with Crippen LogP contribution in [0, 0.1) is 0 Å². The molecule has 1 aliphatic rings. The third-order valence-electron chi connectivity index (χ3n) is 7.32. The van der Waals surface area contributed by atoms with Gasteiger partial charge in [0.25, 0.3) is 0 Å². The van der Waals surface area contributed by atoms with Crippen molar-refractivity contribution in [3.8, 4) is 0 Å². The highest BCUT2D eigenvalue weighted by molar-refractivity contribution is 9.09. The molecule has 1 saturated heterocycles. The molecule has 4 nitrogen and oxygen atoms in total. The fraction of sp³-hybridized carbons (Fsp3) is 0.242. The molecule has 1 fully saturated rings. The number of nitrogens with zero attached hydrogens (tertiary/aromatic N) is 2. The molecule has 38 heavy (non-hydrogen) atoms. The van der Waals surface area contributed by atoms with Gasteiger partial charge in [-0.2, -0.15) is 0 Å². The normalized spacial score (nSPS) is 20.4. The average molecular weight is 570 g/mol. The molecule has 0 saturated carbocycles. The summed E-state index contributed by atoms with van der Waals surface area (Å²) >= 11 is 3.93. The van der Waals surface area contributed by atoms with Crippen molar-refractivity contribution in [2.24, 2.45) is 0 Å². The van der Waals surface area contributed by atoms with Gasteiger partial charge in [0, 0.05) is 17.9 Å². The number of halogens is 1. The van der Waals surface area contributed by atoms with E-state index in [1.165, 1.54) is 5.56 Å². The van der Waals surface area contributed by atoms with Crippen LogP contribution in [0.1, 0.15) is 22.3 Å². The highest BCUT2D eigenvalue weighted by Crippen LogP contribution is 2.33. The van der Waals surface area contributed by atoms with Crippen molar-refractivity contribution in [3.63, 3.8) is 0 Å². The van der Waals surface area contributed by atoms with Crippen LogP contribution in [0.3, 0.4) is 0 Å². The van der Waals surface area contributed by atoms with Crippen molar-refractivity contribution in [2.75, 3.05) is 0 Å². The van der Waals surface area contributed by atoms with E-state index in [2.05, 4.69) is 40.2 Å². The lowest BCUT2D eigenvalue weighted by atomic mass is 9.88. The van der Waals surface area contributed by atoms with Gasteiger partial charge < -0.3 is 14.9 Å². The van der Waals surface area contributed by atoms with Crippen LogP contribution in [0.15, 0.2) is 121 Å². The molecule has 194 valence electrons. The Balaban J connectivity index is 1.52. The van der Waals surface area contributed by atoms with Crippen molar-refractivity contribution < 1.29 is 9.90 Å². The van der Waals surface area contributed by atoms with Crippen LogP contribution in [0.5, 0.6) is 0 Å². The molecule has 5 heteroatoms. The van der Waals surface area contributed by atoms with Gasteiger partial charge in [-0.05, 0) is 35.1 Å². The molecule has 1 heterocycles. The van der Waals surface area contributed by atoms with Crippen molar-refractivity contribution in [1.29, 1.82) is 0 Å². The highest BCUT2D eigenvalue weighted by Gasteiger charge is 2.48. The molecule has 4 aromatic carbocycles. The summed E-state index contributed by atoms with van der Waals surface area (Å²) in [6.45, 7) is 0.875. The van der Waals surface area contributed by atoms with E-state index in [1.54, 1.807) is 0 Å². The number of rotatable bonds is 9. The minimum Gasteiger partial charge on any atom is -0.389 e. The van der Waals surface area contributed by atoms with E-state index >= 15 is 0 Å². The SMILES string of the molecule is O=C1N(Cc2ccccc2)[C@H](Cc2ccccc2)[C@H](O)[C@@H](C(Br)Cc2ccccc2)N1Cc1ccccc1. The van der Waals surface area contributed by atoms with Crippen LogP contribution in [-0.4, -0.2) is 44.0 Å². The predicted octanol–water partition coefficient (Wildman–Crippen LogP) is 6.47. The van der Waals surface area contributed by atoms with E-state index in [9.17, 15) is 9.90 Å². The first-order valence-corrected chi connectivity index (χ1v) is 14.1. The van der Waals surface area contributed by atoms with Gasteiger partial charge >= 0.3 is 6.03 Å². The number of hydrogen-bond donors (Lipinski definition) is 1. The van der Waals surface area contributed by atoms with Crippen LogP contribution in [0.25, 0.3) is 0 Å². The standard InChI is InChI=1S/C33H33BrN2O2/c34-29(21-25-13-5-1-6-14-25)31-32(37)30(22-26-15-7-2-8-16-26)35(23-27-17-9-3-10-18-27)33(38)36(31)24-28-19-11-4-12-20-28/h1-20,29-32,37H,21-24H2/t29?,30-,31-,32+/m1/s1. The second-order valence-electron chi connectivity index (χ2n) is 9.95. The first-order valence-electron chi connectivity index (χ1n) is 13.2. The van der Waals surface area contributed by atoms with Crippen molar-refractivity contribution in [3.05, 3.63) is 144 Å². The monoisotopic (exact) mass is 568 g/mol. The molecule has 4 aromatic rings. The number of benzene rings is 4. The zero-order valence-electron chi connectivity index (χ0n) is 21.3. The maximum Gasteiger partial charge on any atom is 0.321 e. The number of carbonyl (C=O) groups is 1. The lowest BCUT2D eigenvalue weighted by Gasteiger charge is -2.51. The van der Waals surface area contributed by atoms with Gasteiger partial charge in [0.05, 0.1) is 18.2 Å². The van der Waals surface area contributed by atoms with Gasteiger partial charge in [-0.25, -0.2) is 4.79 Å². The quantitative estimate of drug-likeness (QED) is 0.235. The Morgan fingerprint density at radius 3 is 1.55 bits per heavy atom. The van der Waals surface area contributed by atoms with Crippen LogP contribution in [0.4, 0.5) is 4.79 Å². The minimum atomic E-state index is -0.756. The topological polar surface area (TPSA) is 43.8 Å². The Kier molecular flexibility index (Phi) is 8.57. The molecule has 0 bridgehead atoms. The number of aliphatic hydroxyl groups excluding tert-OH is 1. The second-order valence-corrected chi connectivity index (χ2v) is 11.1. The van der Waals surface area contributed by atoms with E-state index in [-0.39, 0.29) is 16.9 Å². The molecular weight excluding hydrogens is 536 g/mol. The average Bonchev–Trinajstić information content (AvgIpc) is 2.95. The summed E-state index contributed by atoms with van der Waals surface area (Å²) in [5.41, 5.74) is 4.36. The van der Waals surface area contributed by atoms with Gasteiger partial charge in [0.15, 0.2) is 0 Å². The van der Waals surface area contributed by atoms with Crippen molar-refractivity contribution in [2.45, 2.75) is 48.9 Å². The molecule has 1 aliphatic heterocycles. The molecule has 0 radical (unpaired) electrons. The number of carbonyl (C=O) groups excluding carboxylic acids is 1. The molecule has 1 N–H and O–H groups in total. The Morgan fingerprint density at radius 1 is 0.632 bits per heavy atom. The van der Waals surface area contributed by atoms with Crippen LogP contribution >= 0.6 is 15.9 Å². The molecule has 2 amide bonds. The van der Waals surface area contributed by atoms with Crippen LogP contribution in [-0.2, 0) is 25.9 Å². The second kappa shape index (κ2) is 12.4. The molecule has 1 unspecified atom stereocenters. The van der Waals surface area contributed by atoms with Gasteiger partial charge in [-0.15, -0.1) is 0 Å². The van der Waals surface area contributed by atoms with Gasteiger partial charge in [0.1, 0.15) is 0 Å². The third kappa shape index (κ3) is 6.17.